The third kappa shape index (κ3) is 10.4. The molecule has 4 nitrogen and oxygen atoms in total. The number of alkyl carbamates (subject to hydrolysis) is 1. The molecule has 0 spiro atoms. The molecular weight excluding hydrogens is 240 g/mol. The normalized spacial score (nSPS) is 12.8. The molecule has 0 rings (SSSR count). The maximum absolute atomic E-state index is 11.5. The fourth-order valence-electron chi connectivity index (χ4n) is 1.42. The van der Waals surface area contributed by atoms with Crippen LogP contribution in [0.2, 0.25) is 0 Å². The Morgan fingerprint density at radius 3 is 2.21 bits per heavy atom. The van der Waals surface area contributed by atoms with Crippen molar-refractivity contribution in [3.05, 3.63) is 11.8 Å². The Morgan fingerprint density at radius 2 is 1.79 bits per heavy atom. The lowest BCUT2D eigenvalue weighted by atomic mass is 10.0. The van der Waals surface area contributed by atoms with E-state index in [0.29, 0.717) is 18.5 Å². The molecule has 112 valence electrons. The lowest BCUT2D eigenvalue weighted by molar-refractivity contribution is 0.0528. The van der Waals surface area contributed by atoms with Crippen LogP contribution in [0.3, 0.4) is 0 Å². The molecule has 0 aromatic carbocycles. The molecule has 0 radical (unpaired) electrons. The molecule has 0 heterocycles. The SMILES string of the molecule is CC(C)N/C=C(/CCNC(=O)OC(C)(C)C)C(C)C. The Labute approximate surface area is 118 Å². The number of nitrogens with one attached hydrogen (secondary N) is 2. The number of rotatable bonds is 6. The number of hydrogen-bond donors (Lipinski definition) is 2. The van der Waals surface area contributed by atoms with Crippen LogP contribution in [0.15, 0.2) is 11.8 Å². The molecule has 0 fully saturated rings. The largest absolute Gasteiger partial charge is 0.444 e. The lowest BCUT2D eigenvalue weighted by Gasteiger charge is -2.20. The van der Waals surface area contributed by atoms with E-state index in [1.54, 1.807) is 0 Å². The first-order valence-electron chi connectivity index (χ1n) is 7.03. The van der Waals surface area contributed by atoms with E-state index < -0.39 is 5.60 Å². The summed E-state index contributed by atoms with van der Waals surface area (Å²) < 4.78 is 5.19. The zero-order valence-electron chi connectivity index (χ0n) is 13.5. The highest BCUT2D eigenvalue weighted by Crippen LogP contribution is 2.12. The topological polar surface area (TPSA) is 50.4 Å². The predicted molar refractivity (Wildman–Crippen MR) is 80.0 cm³/mol. The monoisotopic (exact) mass is 270 g/mol. The van der Waals surface area contributed by atoms with Crippen molar-refractivity contribution in [2.75, 3.05) is 6.54 Å². The second-order valence-corrected chi connectivity index (χ2v) is 6.37. The Bertz CT molecular complexity index is 302. The summed E-state index contributed by atoms with van der Waals surface area (Å²) in [5, 5.41) is 6.08. The second-order valence-electron chi connectivity index (χ2n) is 6.37. The zero-order valence-corrected chi connectivity index (χ0v) is 13.5. The molecule has 2 N–H and O–H groups in total. The van der Waals surface area contributed by atoms with Gasteiger partial charge < -0.3 is 15.4 Å². The average molecular weight is 270 g/mol. The fourth-order valence-corrected chi connectivity index (χ4v) is 1.42. The summed E-state index contributed by atoms with van der Waals surface area (Å²) in [5.41, 5.74) is 0.852. The Hall–Kier alpha value is -1.19. The molecule has 0 saturated heterocycles. The van der Waals surface area contributed by atoms with Crippen molar-refractivity contribution in [3.63, 3.8) is 0 Å². The second kappa shape index (κ2) is 8.08. The van der Waals surface area contributed by atoms with Gasteiger partial charge in [0.2, 0.25) is 0 Å². The number of amides is 1. The van der Waals surface area contributed by atoms with Gasteiger partial charge in [-0.2, -0.15) is 0 Å². The Morgan fingerprint density at radius 1 is 1.21 bits per heavy atom. The first-order valence-corrected chi connectivity index (χ1v) is 7.03. The zero-order chi connectivity index (χ0) is 15.1. The maximum atomic E-state index is 11.5. The summed E-state index contributed by atoms with van der Waals surface area (Å²) in [6.45, 7) is 14.7. The summed E-state index contributed by atoms with van der Waals surface area (Å²) in [5.74, 6) is 0.465. The minimum absolute atomic E-state index is 0.354. The van der Waals surface area contributed by atoms with Gasteiger partial charge in [0.15, 0.2) is 0 Å². The number of carbonyl (C=O) groups excluding carboxylic acids is 1. The van der Waals surface area contributed by atoms with Gasteiger partial charge in [-0.05, 0) is 53.2 Å². The molecule has 1 amide bonds. The fraction of sp³-hybridized carbons (Fsp3) is 0.800. The predicted octanol–water partition coefficient (Wildman–Crippen LogP) is 3.44. The maximum Gasteiger partial charge on any atom is 0.407 e. The Kier molecular flexibility index (Phi) is 7.57. The van der Waals surface area contributed by atoms with Gasteiger partial charge in [-0.25, -0.2) is 4.79 Å². The van der Waals surface area contributed by atoms with Gasteiger partial charge in [-0.15, -0.1) is 0 Å². The summed E-state index contributed by atoms with van der Waals surface area (Å²) in [6, 6.07) is 0.424. The van der Waals surface area contributed by atoms with Crippen LogP contribution in [0.5, 0.6) is 0 Å². The van der Waals surface area contributed by atoms with Gasteiger partial charge >= 0.3 is 6.09 Å². The summed E-state index contributed by atoms with van der Waals surface area (Å²) >= 11 is 0. The van der Waals surface area contributed by atoms with Crippen LogP contribution in [0, 0.1) is 5.92 Å². The molecule has 0 aliphatic rings. The molecular formula is C15H30N2O2. The van der Waals surface area contributed by atoms with Gasteiger partial charge in [0.05, 0.1) is 0 Å². The number of carbonyl (C=O) groups is 1. The average Bonchev–Trinajstić information content (AvgIpc) is 2.19. The third-order valence-electron chi connectivity index (χ3n) is 2.43. The van der Waals surface area contributed by atoms with Crippen LogP contribution in [0.4, 0.5) is 4.79 Å². The van der Waals surface area contributed by atoms with Crippen LogP contribution in [-0.4, -0.2) is 24.3 Å². The van der Waals surface area contributed by atoms with Crippen molar-refractivity contribution in [3.8, 4) is 0 Å². The molecule has 0 aromatic heterocycles. The molecule has 19 heavy (non-hydrogen) atoms. The molecule has 0 aliphatic carbocycles. The van der Waals surface area contributed by atoms with E-state index >= 15 is 0 Å². The van der Waals surface area contributed by atoms with Crippen molar-refractivity contribution >= 4 is 6.09 Å². The molecule has 0 unspecified atom stereocenters. The van der Waals surface area contributed by atoms with E-state index in [2.05, 4.69) is 44.5 Å². The standard InChI is InChI=1S/C15H30N2O2/c1-11(2)13(10-17-12(3)4)8-9-16-14(18)19-15(5,6)7/h10-12,17H,8-9H2,1-7H3,(H,16,18)/b13-10-. The van der Waals surface area contributed by atoms with Crippen molar-refractivity contribution in [1.82, 2.24) is 10.6 Å². The highest BCUT2D eigenvalue weighted by atomic mass is 16.6. The van der Waals surface area contributed by atoms with E-state index in [4.69, 9.17) is 4.74 Å². The molecule has 4 heteroatoms. The molecule has 0 bridgehead atoms. The van der Waals surface area contributed by atoms with Crippen LogP contribution < -0.4 is 10.6 Å². The highest BCUT2D eigenvalue weighted by molar-refractivity contribution is 5.67. The van der Waals surface area contributed by atoms with Crippen LogP contribution in [0.1, 0.15) is 54.9 Å². The van der Waals surface area contributed by atoms with Gasteiger partial charge in [0.25, 0.3) is 0 Å². The Balaban J connectivity index is 4.14. The van der Waals surface area contributed by atoms with Gasteiger partial charge in [0.1, 0.15) is 5.60 Å². The van der Waals surface area contributed by atoms with E-state index in [1.165, 1.54) is 5.57 Å². The minimum atomic E-state index is -0.444. The van der Waals surface area contributed by atoms with E-state index in [-0.39, 0.29) is 6.09 Å². The van der Waals surface area contributed by atoms with Gasteiger partial charge in [-0.3, -0.25) is 0 Å². The first-order chi connectivity index (χ1) is 8.61. The quantitative estimate of drug-likeness (QED) is 0.777. The smallest absolute Gasteiger partial charge is 0.407 e. The van der Waals surface area contributed by atoms with Crippen LogP contribution in [-0.2, 0) is 4.74 Å². The molecule has 0 saturated carbocycles. The molecule has 0 aliphatic heterocycles. The molecule has 0 atom stereocenters. The van der Waals surface area contributed by atoms with Crippen LogP contribution in [0.25, 0.3) is 0 Å². The molecule has 0 aromatic rings. The van der Waals surface area contributed by atoms with Crippen LogP contribution >= 0.6 is 0 Å². The van der Waals surface area contributed by atoms with Gasteiger partial charge in [0, 0.05) is 12.6 Å². The highest BCUT2D eigenvalue weighted by Gasteiger charge is 2.15. The van der Waals surface area contributed by atoms with E-state index in [0.717, 1.165) is 6.42 Å². The van der Waals surface area contributed by atoms with Crippen molar-refractivity contribution in [1.29, 1.82) is 0 Å². The number of ether oxygens (including phenoxy) is 1. The van der Waals surface area contributed by atoms with Crippen molar-refractivity contribution in [2.45, 2.75) is 66.5 Å². The van der Waals surface area contributed by atoms with E-state index in [1.807, 2.05) is 20.8 Å². The summed E-state index contributed by atoms with van der Waals surface area (Å²) in [4.78, 5) is 11.5. The van der Waals surface area contributed by atoms with Crippen molar-refractivity contribution < 1.29 is 9.53 Å². The lowest BCUT2D eigenvalue weighted by Crippen LogP contribution is -2.33. The van der Waals surface area contributed by atoms with Gasteiger partial charge in [-0.1, -0.05) is 19.4 Å². The minimum Gasteiger partial charge on any atom is -0.444 e. The first kappa shape index (κ1) is 17.8. The summed E-state index contributed by atoms with van der Waals surface area (Å²) in [7, 11) is 0. The van der Waals surface area contributed by atoms with E-state index in [9.17, 15) is 4.79 Å². The summed E-state index contributed by atoms with van der Waals surface area (Å²) in [6.07, 6.45) is 2.54. The third-order valence-corrected chi connectivity index (χ3v) is 2.43. The van der Waals surface area contributed by atoms with Crippen molar-refractivity contribution in [2.24, 2.45) is 5.92 Å². The number of hydrogen-bond acceptors (Lipinski definition) is 3.